The van der Waals surface area contributed by atoms with Gasteiger partial charge in [-0.2, -0.15) is 0 Å². The molecule has 1 aromatic heterocycles. The van der Waals surface area contributed by atoms with Gasteiger partial charge in [0.2, 0.25) is 11.8 Å². The highest BCUT2D eigenvalue weighted by Gasteiger charge is 2.06. The summed E-state index contributed by atoms with van der Waals surface area (Å²) in [4.78, 5) is 0. The quantitative estimate of drug-likeness (QED) is 0.633. The first kappa shape index (κ1) is 14.0. The van der Waals surface area contributed by atoms with Crippen LogP contribution in [0.3, 0.4) is 0 Å². The van der Waals surface area contributed by atoms with E-state index in [1.165, 1.54) is 0 Å². The molecule has 0 radical (unpaired) electrons. The van der Waals surface area contributed by atoms with Crippen LogP contribution in [0, 0.1) is 0 Å². The van der Waals surface area contributed by atoms with Crippen molar-refractivity contribution in [2.45, 2.75) is 0 Å². The Hall–Kier alpha value is -1.91. The normalized spacial score (nSPS) is 11.1. The van der Waals surface area contributed by atoms with Crippen LogP contribution in [0.25, 0.3) is 23.6 Å². The maximum atomic E-state index is 5.84. The predicted molar refractivity (Wildman–Crippen MR) is 87.8 cm³/mol. The molecule has 3 rings (SSSR count). The lowest BCUT2D eigenvalue weighted by molar-refractivity contribution is 0.558. The van der Waals surface area contributed by atoms with E-state index in [1.54, 1.807) is 6.08 Å². The second-order valence-corrected chi connectivity index (χ2v) is 5.69. The van der Waals surface area contributed by atoms with Crippen molar-refractivity contribution in [2.24, 2.45) is 0 Å². The highest BCUT2D eigenvalue weighted by molar-refractivity contribution is 9.10. The SMILES string of the molecule is Clc1ccc(/C=C/c2nnc(-c3cccc(Br)c3)o2)cc1. The molecule has 1 heterocycles. The third kappa shape index (κ3) is 3.60. The molecule has 0 aliphatic heterocycles. The van der Waals surface area contributed by atoms with Gasteiger partial charge in [-0.1, -0.05) is 45.7 Å². The van der Waals surface area contributed by atoms with Crippen LogP contribution in [0.4, 0.5) is 0 Å². The van der Waals surface area contributed by atoms with E-state index < -0.39 is 0 Å². The first-order chi connectivity index (χ1) is 10.2. The Labute approximate surface area is 135 Å². The van der Waals surface area contributed by atoms with E-state index in [9.17, 15) is 0 Å². The van der Waals surface area contributed by atoms with Crippen LogP contribution in [-0.4, -0.2) is 10.2 Å². The summed E-state index contributed by atoms with van der Waals surface area (Å²) in [7, 11) is 0. The van der Waals surface area contributed by atoms with E-state index in [4.69, 9.17) is 16.0 Å². The van der Waals surface area contributed by atoms with E-state index in [1.807, 2.05) is 54.6 Å². The van der Waals surface area contributed by atoms with Crippen molar-refractivity contribution >= 4 is 39.7 Å². The second-order valence-electron chi connectivity index (χ2n) is 4.34. The van der Waals surface area contributed by atoms with Gasteiger partial charge in [-0.25, -0.2) is 0 Å². The summed E-state index contributed by atoms with van der Waals surface area (Å²) in [6.07, 6.45) is 3.67. The Kier molecular flexibility index (Phi) is 4.18. The molecule has 0 amide bonds. The maximum Gasteiger partial charge on any atom is 0.248 e. The second kappa shape index (κ2) is 6.24. The molecule has 3 nitrogen and oxygen atoms in total. The highest BCUT2D eigenvalue weighted by Crippen LogP contribution is 2.22. The molecular formula is C16H10BrClN2O. The molecule has 0 aliphatic rings. The monoisotopic (exact) mass is 360 g/mol. The molecule has 21 heavy (non-hydrogen) atoms. The molecule has 0 saturated heterocycles. The Morgan fingerprint density at radius 3 is 2.57 bits per heavy atom. The summed E-state index contributed by atoms with van der Waals surface area (Å²) in [6.45, 7) is 0. The largest absolute Gasteiger partial charge is 0.417 e. The Balaban J connectivity index is 1.80. The van der Waals surface area contributed by atoms with E-state index >= 15 is 0 Å². The minimum absolute atomic E-state index is 0.458. The van der Waals surface area contributed by atoms with Gasteiger partial charge < -0.3 is 4.42 Å². The minimum Gasteiger partial charge on any atom is -0.417 e. The summed E-state index contributed by atoms with van der Waals surface area (Å²) in [5.41, 5.74) is 1.89. The van der Waals surface area contributed by atoms with Crippen LogP contribution in [0.5, 0.6) is 0 Å². The molecule has 0 N–H and O–H groups in total. The minimum atomic E-state index is 0.458. The van der Waals surface area contributed by atoms with Gasteiger partial charge in [0.15, 0.2) is 0 Å². The highest BCUT2D eigenvalue weighted by atomic mass is 79.9. The molecule has 104 valence electrons. The fourth-order valence-corrected chi connectivity index (χ4v) is 2.31. The lowest BCUT2D eigenvalue weighted by Crippen LogP contribution is -1.76. The first-order valence-corrected chi connectivity index (χ1v) is 7.41. The maximum absolute atomic E-state index is 5.84. The Bertz CT molecular complexity index is 781. The Morgan fingerprint density at radius 2 is 1.81 bits per heavy atom. The molecule has 2 aromatic carbocycles. The van der Waals surface area contributed by atoms with E-state index in [0.29, 0.717) is 16.8 Å². The van der Waals surface area contributed by atoms with Crippen molar-refractivity contribution in [3.63, 3.8) is 0 Å². The lowest BCUT2D eigenvalue weighted by Gasteiger charge is -1.94. The van der Waals surface area contributed by atoms with Gasteiger partial charge in [0, 0.05) is 21.1 Å². The zero-order valence-electron chi connectivity index (χ0n) is 10.8. The van der Waals surface area contributed by atoms with E-state index in [-0.39, 0.29) is 0 Å². The number of hydrogen-bond acceptors (Lipinski definition) is 3. The number of hydrogen-bond donors (Lipinski definition) is 0. The molecule has 0 aliphatic carbocycles. The molecule has 0 saturated carbocycles. The molecule has 0 atom stereocenters. The fraction of sp³-hybridized carbons (Fsp3) is 0. The molecule has 0 spiro atoms. The van der Waals surface area contributed by atoms with Crippen molar-refractivity contribution in [3.8, 4) is 11.5 Å². The van der Waals surface area contributed by atoms with Crippen LogP contribution in [0.2, 0.25) is 5.02 Å². The number of aromatic nitrogens is 2. The van der Waals surface area contributed by atoms with Crippen molar-refractivity contribution in [3.05, 3.63) is 69.5 Å². The average Bonchev–Trinajstić information content (AvgIpc) is 2.96. The van der Waals surface area contributed by atoms with Crippen molar-refractivity contribution in [1.29, 1.82) is 0 Å². The summed E-state index contributed by atoms with van der Waals surface area (Å²) >= 11 is 9.26. The van der Waals surface area contributed by atoms with Gasteiger partial charge in [-0.05, 0) is 42.0 Å². The van der Waals surface area contributed by atoms with Crippen LogP contribution < -0.4 is 0 Å². The van der Waals surface area contributed by atoms with Gasteiger partial charge >= 0.3 is 0 Å². The van der Waals surface area contributed by atoms with Crippen molar-refractivity contribution in [1.82, 2.24) is 10.2 Å². The summed E-state index contributed by atoms with van der Waals surface area (Å²) in [6, 6.07) is 15.2. The first-order valence-electron chi connectivity index (χ1n) is 6.24. The van der Waals surface area contributed by atoms with Crippen LogP contribution in [0.15, 0.2) is 57.4 Å². The molecule has 3 aromatic rings. The topological polar surface area (TPSA) is 38.9 Å². The van der Waals surface area contributed by atoms with E-state index in [2.05, 4.69) is 26.1 Å². The van der Waals surface area contributed by atoms with Gasteiger partial charge in [0.05, 0.1) is 0 Å². The van der Waals surface area contributed by atoms with Crippen LogP contribution >= 0.6 is 27.5 Å². The number of benzene rings is 2. The zero-order valence-corrected chi connectivity index (χ0v) is 13.2. The lowest BCUT2D eigenvalue weighted by atomic mass is 10.2. The average molecular weight is 362 g/mol. The van der Waals surface area contributed by atoms with E-state index in [0.717, 1.165) is 15.6 Å². The molecule has 0 fully saturated rings. The smallest absolute Gasteiger partial charge is 0.248 e. The van der Waals surface area contributed by atoms with Gasteiger partial charge in [0.1, 0.15) is 0 Å². The predicted octanol–water partition coefficient (Wildman–Crippen LogP) is 5.32. The number of rotatable bonds is 3. The number of nitrogens with zero attached hydrogens (tertiary/aromatic N) is 2. The third-order valence-electron chi connectivity index (χ3n) is 2.80. The summed E-state index contributed by atoms with van der Waals surface area (Å²) in [5.74, 6) is 0.951. The Morgan fingerprint density at radius 1 is 1.00 bits per heavy atom. The zero-order chi connectivity index (χ0) is 14.7. The van der Waals surface area contributed by atoms with Gasteiger partial charge in [0.25, 0.3) is 0 Å². The fourth-order valence-electron chi connectivity index (χ4n) is 1.78. The molecule has 0 unspecified atom stereocenters. The number of halogens is 2. The summed E-state index contributed by atoms with van der Waals surface area (Å²) in [5, 5.41) is 8.76. The van der Waals surface area contributed by atoms with Crippen molar-refractivity contribution < 1.29 is 4.42 Å². The molecular weight excluding hydrogens is 352 g/mol. The third-order valence-corrected chi connectivity index (χ3v) is 3.55. The van der Waals surface area contributed by atoms with Crippen LogP contribution in [-0.2, 0) is 0 Å². The van der Waals surface area contributed by atoms with Gasteiger partial charge in [-0.15, -0.1) is 10.2 Å². The van der Waals surface area contributed by atoms with Crippen LogP contribution in [0.1, 0.15) is 11.5 Å². The summed E-state index contributed by atoms with van der Waals surface area (Å²) < 4.78 is 6.58. The van der Waals surface area contributed by atoms with Gasteiger partial charge in [-0.3, -0.25) is 0 Å². The van der Waals surface area contributed by atoms with Crippen molar-refractivity contribution in [2.75, 3.05) is 0 Å². The molecule has 5 heteroatoms. The standard InChI is InChI=1S/C16H10BrClN2O/c17-13-3-1-2-12(10-13)16-20-19-15(21-16)9-6-11-4-7-14(18)8-5-11/h1-10H/b9-6+. The molecule has 0 bridgehead atoms.